The van der Waals surface area contributed by atoms with Crippen LogP contribution in [0, 0.1) is 11.3 Å². The highest BCUT2D eigenvalue weighted by Crippen LogP contribution is 2.24. The van der Waals surface area contributed by atoms with E-state index in [-0.39, 0.29) is 38.0 Å². The number of nitrogens with zero attached hydrogens (tertiary/aromatic N) is 5. The van der Waals surface area contributed by atoms with E-state index in [1.54, 1.807) is 34.0 Å². The second-order valence-corrected chi connectivity index (χ2v) is 11.0. The molecule has 1 aliphatic heterocycles. The second kappa shape index (κ2) is 14.1. The molecule has 0 radical (unpaired) electrons. The minimum Gasteiger partial charge on any atom is -0.444 e. The molecule has 0 fully saturated rings. The molecule has 0 atom stereocenters. The van der Waals surface area contributed by atoms with Crippen molar-refractivity contribution in [3.8, 4) is 6.07 Å². The molecule has 0 unspecified atom stereocenters. The minimum absolute atomic E-state index is 0.0131. The maximum atomic E-state index is 13.6. The Balaban J connectivity index is 1.68. The van der Waals surface area contributed by atoms with Crippen LogP contribution in [-0.4, -0.2) is 78.2 Å². The number of aryl methyl sites for hydroxylation is 1. The molecule has 10 heteroatoms. The average Bonchev–Trinajstić information content (AvgIpc) is 3.38. The maximum absolute atomic E-state index is 13.6. The highest BCUT2D eigenvalue weighted by atomic mass is 16.6. The smallest absolute Gasteiger partial charge is 0.410 e. The Kier molecular flexibility index (Phi) is 10.9. The first-order valence-corrected chi connectivity index (χ1v) is 14.1. The van der Waals surface area contributed by atoms with E-state index in [4.69, 9.17) is 4.74 Å². The van der Waals surface area contributed by atoms with Crippen molar-refractivity contribution in [3.63, 3.8) is 0 Å². The number of hydrogen-bond acceptors (Lipinski definition) is 7. The zero-order valence-electron chi connectivity index (χ0n) is 25.1. The molecule has 2 aromatic carbocycles. The Labute approximate surface area is 243 Å². The van der Waals surface area contributed by atoms with Crippen LogP contribution in [0.1, 0.15) is 56.9 Å². The second-order valence-electron chi connectivity index (χ2n) is 11.0. The monoisotopic (exact) mass is 562 g/mol. The first-order chi connectivity index (χ1) is 19.5. The number of anilines is 1. The molecule has 3 rings (SSSR count). The lowest BCUT2D eigenvalue weighted by Crippen LogP contribution is -2.48. The molecule has 220 valence electrons. The van der Waals surface area contributed by atoms with E-state index in [1.165, 1.54) is 11.1 Å². The molecular weight excluding hydrogens is 520 g/mol. The fourth-order valence-electron chi connectivity index (χ4n) is 4.66. The number of carbonyl (C=O) groups excluding carboxylic acids is 3. The van der Waals surface area contributed by atoms with E-state index in [0.29, 0.717) is 37.3 Å². The van der Waals surface area contributed by atoms with E-state index >= 15 is 0 Å². The summed E-state index contributed by atoms with van der Waals surface area (Å²) in [6.45, 7) is 11.3. The molecule has 41 heavy (non-hydrogen) atoms. The molecule has 1 heterocycles. The van der Waals surface area contributed by atoms with Crippen molar-refractivity contribution in [1.29, 1.82) is 5.26 Å². The summed E-state index contributed by atoms with van der Waals surface area (Å²) in [4.78, 5) is 42.4. The molecule has 10 nitrogen and oxygen atoms in total. The third-order valence-corrected chi connectivity index (χ3v) is 6.98. The highest BCUT2D eigenvalue weighted by Gasteiger charge is 2.26. The van der Waals surface area contributed by atoms with Gasteiger partial charge in [0.1, 0.15) is 5.60 Å². The van der Waals surface area contributed by atoms with Crippen molar-refractivity contribution in [1.82, 2.24) is 20.2 Å². The van der Waals surface area contributed by atoms with Crippen LogP contribution in [0.5, 0.6) is 0 Å². The molecule has 0 spiro atoms. The molecule has 0 aromatic heterocycles. The van der Waals surface area contributed by atoms with Gasteiger partial charge < -0.3 is 14.5 Å². The van der Waals surface area contributed by atoms with E-state index in [2.05, 4.69) is 23.5 Å². The number of ether oxygens (including phenoxy) is 1. The predicted octanol–water partition coefficient (Wildman–Crippen LogP) is 3.69. The van der Waals surface area contributed by atoms with Crippen LogP contribution in [0.2, 0.25) is 0 Å². The van der Waals surface area contributed by atoms with Gasteiger partial charge in [0, 0.05) is 45.5 Å². The zero-order valence-corrected chi connectivity index (χ0v) is 25.1. The van der Waals surface area contributed by atoms with Crippen molar-refractivity contribution in [3.05, 3.63) is 64.7 Å². The van der Waals surface area contributed by atoms with Gasteiger partial charge >= 0.3 is 6.09 Å². The van der Waals surface area contributed by atoms with Crippen LogP contribution < -0.4 is 10.2 Å². The van der Waals surface area contributed by atoms with Crippen LogP contribution in [0.4, 0.5) is 10.5 Å². The van der Waals surface area contributed by atoms with Crippen molar-refractivity contribution in [2.24, 2.45) is 0 Å². The van der Waals surface area contributed by atoms with Gasteiger partial charge in [-0.15, -0.1) is 0 Å². The number of benzene rings is 2. The normalized spacial score (nSPS) is 12.8. The van der Waals surface area contributed by atoms with Gasteiger partial charge in [0.15, 0.2) is 0 Å². The number of hydrogen-bond donors (Lipinski definition) is 1. The van der Waals surface area contributed by atoms with Crippen molar-refractivity contribution in [2.45, 2.75) is 59.7 Å². The number of nitriles is 1. The lowest BCUT2D eigenvalue weighted by Gasteiger charge is -2.31. The molecular formula is C31H42N6O4. The number of nitrogens with one attached hydrogen (secondary N) is 1. The first kappa shape index (κ1) is 31.6. The van der Waals surface area contributed by atoms with Gasteiger partial charge in [-0.25, -0.2) is 9.80 Å². The van der Waals surface area contributed by atoms with E-state index in [1.807, 2.05) is 57.8 Å². The molecule has 0 bridgehead atoms. The van der Waals surface area contributed by atoms with Gasteiger partial charge in [-0.05, 0) is 62.9 Å². The Morgan fingerprint density at radius 3 is 2.20 bits per heavy atom. The van der Waals surface area contributed by atoms with Crippen LogP contribution in [0.15, 0.2) is 42.5 Å². The third-order valence-electron chi connectivity index (χ3n) is 6.98. The molecule has 0 aliphatic carbocycles. The molecule has 0 saturated carbocycles. The predicted molar refractivity (Wildman–Crippen MR) is 158 cm³/mol. The lowest BCUT2D eigenvalue weighted by molar-refractivity contribution is -0.145. The van der Waals surface area contributed by atoms with Crippen molar-refractivity contribution in [2.75, 3.05) is 44.7 Å². The number of amides is 3. The molecule has 1 N–H and O–H groups in total. The number of carbonyl (C=O) groups is 3. The summed E-state index contributed by atoms with van der Waals surface area (Å²) < 4.78 is 5.53. The Bertz CT molecular complexity index is 1260. The van der Waals surface area contributed by atoms with Gasteiger partial charge in [-0.1, -0.05) is 37.3 Å². The van der Waals surface area contributed by atoms with Gasteiger partial charge in [-0.3, -0.25) is 19.9 Å². The number of fused-ring (bicyclic) bond motifs is 1. The fraction of sp³-hybridized carbons (Fsp3) is 0.484. The number of likely N-dealkylation sites (N-methyl/N-ethyl adjacent to an activating group) is 2. The topological polar surface area (TPSA) is 109 Å². The summed E-state index contributed by atoms with van der Waals surface area (Å²) in [7, 11) is 1.74. The number of hydrazine groups is 1. The number of rotatable bonds is 11. The Morgan fingerprint density at radius 2 is 1.63 bits per heavy atom. The maximum Gasteiger partial charge on any atom is 0.410 e. The Hall–Kier alpha value is -3.94. The van der Waals surface area contributed by atoms with Crippen molar-refractivity contribution >= 4 is 23.6 Å². The SMILES string of the molecule is CCc1ccc(C#N)cc1N(CCN(CC)C(=O)OC(C)(C)C)C(=O)CNCC(=O)N(C)N1Cc2ccccc2C1. The van der Waals surface area contributed by atoms with Crippen LogP contribution in [0.25, 0.3) is 0 Å². The highest BCUT2D eigenvalue weighted by molar-refractivity contribution is 5.96. The van der Waals surface area contributed by atoms with Gasteiger partial charge in [0.25, 0.3) is 5.91 Å². The van der Waals surface area contributed by atoms with E-state index < -0.39 is 11.7 Å². The molecule has 2 aromatic rings. The average molecular weight is 563 g/mol. The van der Waals surface area contributed by atoms with Crippen LogP contribution in [0.3, 0.4) is 0 Å². The van der Waals surface area contributed by atoms with Gasteiger partial charge in [0.2, 0.25) is 5.91 Å². The van der Waals surface area contributed by atoms with Gasteiger partial charge in [0.05, 0.1) is 24.7 Å². The largest absolute Gasteiger partial charge is 0.444 e. The Morgan fingerprint density at radius 1 is 1.00 bits per heavy atom. The fourth-order valence-corrected chi connectivity index (χ4v) is 4.66. The molecule has 1 aliphatic rings. The summed E-state index contributed by atoms with van der Waals surface area (Å²) in [5.74, 6) is -0.418. The summed E-state index contributed by atoms with van der Waals surface area (Å²) >= 11 is 0. The summed E-state index contributed by atoms with van der Waals surface area (Å²) in [5, 5.41) is 16.1. The summed E-state index contributed by atoms with van der Waals surface area (Å²) in [6.07, 6.45) is 0.202. The minimum atomic E-state index is -0.641. The van der Waals surface area contributed by atoms with Crippen LogP contribution >= 0.6 is 0 Å². The lowest BCUT2D eigenvalue weighted by atomic mass is 10.1. The van der Waals surface area contributed by atoms with Crippen LogP contribution in [-0.2, 0) is 33.8 Å². The molecule has 3 amide bonds. The van der Waals surface area contributed by atoms with E-state index in [9.17, 15) is 19.6 Å². The summed E-state index contributed by atoms with van der Waals surface area (Å²) in [6, 6.07) is 15.5. The standard InChI is InChI=1S/C31H42N6O4/c1-7-24-14-13-23(18-32)17-27(24)37(16-15-35(8-2)30(40)41-31(3,4)5)29(39)20-33-19-28(38)34(6)36-21-25-11-9-10-12-26(25)22-36/h9-14,17,33H,7-8,15-16,19-22H2,1-6H3. The summed E-state index contributed by atoms with van der Waals surface area (Å²) in [5.41, 5.74) is 3.72. The zero-order chi connectivity index (χ0) is 30.2. The van der Waals surface area contributed by atoms with E-state index in [0.717, 1.165) is 5.56 Å². The van der Waals surface area contributed by atoms with Gasteiger partial charge in [-0.2, -0.15) is 5.26 Å². The van der Waals surface area contributed by atoms with Crippen molar-refractivity contribution < 1.29 is 19.1 Å². The molecule has 0 saturated heterocycles. The third kappa shape index (κ3) is 8.52. The first-order valence-electron chi connectivity index (χ1n) is 14.1. The quantitative estimate of drug-likeness (QED) is 0.445.